The molecule has 0 unspecified atom stereocenters. The van der Waals surface area contributed by atoms with Crippen LogP contribution in [0.25, 0.3) is 111 Å². The van der Waals surface area contributed by atoms with E-state index in [1.54, 1.807) is 0 Å². The molecule has 0 radical (unpaired) electrons. The van der Waals surface area contributed by atoms with Crippen molar-refractivity contribution in [1.29, 1.82) is 5.26 Å². The Balaban J connectivity index is 1.29. The molecule has 370 valence electrons. The monoisotopic (exact) mass is 1010 g/mol. The summed E-state index contributed by atoms with van der Waals surface area (Å²) in [5.41, 5.74) is 9.37. The van der Waals surface area contributed by atoms with Gasteiger partial charge >= 0.3 is 12.4 Å². The molecule has 0 N–H and O–H groups in total. The van der Waals surface area contributed by atoms with E-state index in [-0.39, 0.29) is 22.5 Å². The Hall–Kier alpha value is -9.13. The van der Waals surface area contributed by atoms with Gasteiger partial charge in [0.15, 0.2) is 0 Å². The largest absolute Gasteiger partial charge is 0.417 e. The minimum atomic E-state index is -5.21. The van der Waals surface area contributed by atoms with Crippen LogP contribution in [0.4, 0.5) is 26.3 Å². The second kappa shape index (κ2) is 18.1. The molecule has 9 heteroatoms. The SMILES string of the molecule is Cc1ccccc1-c1ccc2c3ccc(-c4ccccc4C)cc3n(-c3cc(-c4c(C(F)(F)F)cccc4C(F)(F)F)cc(-n4c5cc(-c6ccccc6C)ccc5c5ccc(-c6ccccc6C)cc54)c3C#N)c2c1. The van der Waals surface area contributed by atoms with E-state index in [1.165, 1.54) is 12.1 Å². The van der Waals surface area contributed by atoms with Crippen LogP contribution in [0.1, 0.15) is 38.9 Å². The number of halogens is 6. The summed E-state index contributed by atoms with van der Waals surface area (Å²) < 4.78 is 97.0. The molecule has 0 atom stereocenters. The van der Waals surface area contributed by atoms with Crippen molar-refractivity contribution in [2.75, 3.05) is 0 Å². The van der Waals surface area contributed by atoms with Gasteiger partial charge in [0.05, 0.1) is 44.6 Å². The van der Waals surface area contributed by atoms with Crippen LogP contribution in [0.15, 0.2) is 200 Å². The highest BCUT2D eigenvalue weighted by Gasteiger charge is 2.41. The summed E-state index contributed by atoms with van der Waals surface area (Å²) in [4.78, 5) is 0. The average molecular weight is 1010 g/mol. The number of nitriles is 1. The van der Waals surface area contributed by atoms with E-state index in [2.05, 4.69) is 6.07 Å². The lowest BCUT2D eigenvalue weighted by Gasteiger charge is -2.23. The molecule has 3 nitrogen and oxygen atoms in total. The molecule has 12 rings (SSSR count). The fraction of sp³-hybridized carbons (Fsp3) is 0.0896. The molecule has 0 aliphatic heterocycles. The van der Waals surface area contributed by atoms with Crippen LogP contribution < -0.4 is 0 Å². The van der Waals surface area contributed by atoms with Crippen molar-refractivity contribution in [2.24, 2.45) is 0 Å². The first-order valence-corrected chi connectivity index (χ1v) is 24.9. The van der Waals surface area contributed by atoms with Crippen molar-refractivity contribution in [1.82, 2.24) is 9.13 Å². The summed E-state index contributed by atoms with van der Waals surface area (Å²) >= 11 is 0. The summed E-state index contributed by atoms with van der Waals surface area (Å²) in [5.74, 6) is 0. The van der Waals surface area contributed by atoms with Gasteiger partial charge in [0.1, 0.15) is 11.6 Å². The standard InChI is InChI=1S/C67H45F6N3/c1-39-14-5-9-18-48(39)43-24-28-52-53-29-25-44(49-19-10-6-15-40(49)2)33-60(53)75(59(52)32-43)63-36-47(65-57(66(68,69)70)22-13-23-58(65)67(71,72)73)37-64(56(63)38-74)76-61-34-45(50-20-11-7-16-41(50)3)26-30-54(61)55-31-27-46(35-62(55)76)51-21-12-8-17-42(51)4/h5-37H,1-4H3. The minimum Gasteiger partial charge on any atom is -0.308 e. The molecule has 0 aliphatic carbocycles. The van der Waals surface area contributed by atoms with Crippen molar-refractivity contribution >= 4 is 43.6 Å². The van der Waals surface area contributed by atoms with Gasteiger partial charge in [0, 0.05) is 27.1 Å². The van der Waals surface area contributed by atoms with Crippen LogP contribution in [0.2, 0.25) is 0 Å². The van der Waals surface area contributed by atoms with Crippen molar-refractivity contribution in [2.45, 2.75) is 40.0 Å². The Labute approximate surface area is 434 Å². The Kier molecular flexibility index (Phi) is 11.4. The number of aryl methyl sites for hydroxylation is 4. The van der Waals surface area contributed by atoms with E-state index in [9.17, 15) is 5.26 Å². The third kappa shape index (κ3) is 7.91. The average Bonchev–Trinajstić information content (AvgIpc) is 4.10. The van der Waals surface area contributed by atoms with Crippen LogP contribution >= 0.6 is 0 Å². The molecule has 12 aromatic rings. The number of rotatable bonds is 7. The van der Waals surface area contributed by atoms with Crippen molar-refractivity contribution in [3.8, 4) is 73.1 Å². The third-order valence-electron chi connectivity index (χ3n) is 15.0. The van der Waals surface area contributed by atoms with Gasteiger partial charge in [-0.05, 0) is 149 Å². The maximum absolute atomic E-state index is 15.6. The Morgan fingerprint density at radius 2 is 0.632 bits per heavy atom. The molecular formula is C67H45F6N3. The quantitative estimate of drug-likeness (QED) is 0.147. The predicted molar refractivity (Wildman–Crippen MR) is 296 cm³/mol. The molecule has 0 saturated carbocycles. The van der Waals surface area contributed by atoms with Gasteiger partial charge in [-0.2, -0.15) is 31.6 Å². The van der Waals surface area contributed by atoms with E-state index in [4.69, 9.17) is 0 Å². The summed E-state index contributed by atoms with van der Waals surface area (Å²) in [6.07, 6.45) is -10.4. The number of benzene rings is 10. The normalized spacial score (nSPS) is 12.1. The molecule has 2 aromatic heterocycles. The molecule has 76 heavy (non-hydrogen) atoms. The fourth-order valence-corrected chi connectivity index (χ4v) is 11.4. The lowest BCUT2D eigenvalue weighted by molar-refractivity contribution is -0.142. The smallest absolute Gasteiger partial charge is 0.308 e. The highest BCUT2D eigenvalue weighted by atomic mass is 19.4. The van der Waals surface area contributed by atoms with Gasteiger partial charge in [-0.25, -0.2) is 0 Å². The van der Waals surface area contributed by atoms with Gasteiger partial charge in [-0.3, -0.25) is 0 Å². The van der Waals surface area contributed by atoms with E-state index >= 15 is 26.3 Å². The lowest BCUT2D eigenvalue weighted by Crippen LogP contribution is -2.15. The maximum atomic E-state index is 15.6. The van der Waals surface area contributed by atoms with Gasteiger partial charge in [-0.15, -0.1) is 0 Å². The van der Waals surface area contributed by atoms with E-state index in [0.29, 0.717) is 34.2 Å². The zero-order chi connectivity index (χ0) is 52.8. The van der Waals surface area contributed by atoms with Crippen LogP contribution in [-0.4, -0.2) is 9.13 Å². The van der Waals surface area contributed by atoms with Crippen LogP contribution in [0.3, 0.4) is 0 Å². The molecule has 0 fully saturated rings. The molecule has 0 saturated heterocycles. The predicted octanol–water partition coefficient (Wildman–Crippen LogP) is 19.4. The molecule has 2 heterocycles. The number of hydrogen-bond donors (Lipinski definition) is 0. The topological polar surface area (TPSA) is 33.6 Å². The maximum Gasteiger partial charge on any atom is 0.417 e. The molecule has 0 spiro atoms. The highest BCUT2D eigenvalue weighted by molar-refractivity contribution is 6.13. The van der Waals surface area contributed by atoms with E-state index in [1.807, 2.05) is 207 Å². The first-order chi connectivity index (χ1) is 36.6. The van der Waals surface area contributed by atoms with Gasteiger partial charge in [-0.1, -0.05) is 152 Å². The number of hydrogen-bond acceptors (Lipinski definition) is 1. The van der Waals surface area contributed by atoms with Crippen LogP contribution in [0, 0.1) is 39.0 Å². The second-order valence-electron chi connectivity index (χ2n) is 19.6. The summed E-state index contributed by atoms with van der Waals surface area (Å²) in [6.45, 7) is 8.02. The third-order valence-corrected chi connectivity index (χ3v) is 15.0. The fourth-order valence-electron chi connectivity index (χ4n) is 11.4. The Bertz CT molecular complexity index is 3920. The molecule has 0 bridgehead atoms. The van der Waals surface area contributed by atoms with Gasteiger partial charge in [0.2, 0.25) is 0 Å². The molecule has 0 amide bonds. The van der Waals surface area contributed by atoms with Crippen molar-refractivity contribution in [3.63, 3.8) is 0 Å². The number of aromatic nitrogens is 2. The lowest BCUT2D eigenvalue weighted by atomic mass is 9.91. The first kappa shape index (κ1) is 47.8. The first-order valence-electron chi connectivity index (χ1n) is 24.9. The Morgan fingerprint density at radius 3 is 0.895 bits per heavy atom. The van der Waals surface area contributed by atoms with E-state index < -0.39 is 29.0 Å². The highest BCUT2D eigenvalue weighted by Crippen LogP contribution is 2.49. The zero-order valence-electron chi connectivity index (χ0n) is 41.7. The second-order valence-corrected chi connectivity index (χ2v) is 19.6. The number of nitrogens with zero attached hydrogens (tertiary/aromatic N) is 3. The number of alkyl halides is 6. The molecular weight excluding hydrogens is 961 g/mol. The number of fused-ring (bicyclic) bond motifs is 6. The summed E-state index contributed by atoms with van der Waals surface area (Å²) in [7, 11) is 0. The van der Waals surface area contributed by atoms with Gasteiger partial charge < -0.3 is 9.13 Å². The van der Waals surface area contributed by atoms with Crippen LogP contribution in [0.5, 0.6) is 0 Å². The van der Waals surface area contributed by atoms with E-state index in [0.717, 1.165) is 94.4 Å². The summed E-state index contributed by atoms with van der Waals surface area (Å²) in [5, 5.41) is 15.0. The molecule has 10 aromatic carbocycles. The zero-order valence-corrected chi connectivity index (χ0v) is 41.7. The van der Waals surface area contributed by atoms with Gasteiger partial charge in [0.25, 0.3) is 0 Å². The summed E-state index contributed by atoms with van der Waals surface area (Å²) in [6, 6.07) is 63.0. The Morgan fingerprint density at radius 1 is 0.342 bits per heavy atom. The van der Waals surface area contributed by atoms with Crippen LogP contribution in [-0.2, 0) is 12.4 Å². The minimum absolute atomic E-state index is 0.0320. The van der Waals surface area contributed by atoms with Crippen molar-refractivity contribution < 1.29 is 26.3 Å². The molecule has 0 aliphatic rings. The van der Waals surface area contributed by atoms with Crippen molar-refractivity contribution in [3.05, 3.63) is 239 Å².